The van der Waals surface area contributed by atoms with Crippen LogP contribution in [-0.2, 0) is 11.3 Å². The van der Waals surface area contributed by atoms with E-state index in [1.165, 1.54) is 30.3 Å². The molecular weight excluding hydrogens is 556 g/mol. The van der Waals surface area contributed by atoms with E-state index in [1.807, 2.05) is 19.9 Å². The Balaban J connectivity index is 1.93. The third-order valence-electron chi connectivity index (χ3n) is 6.82. The van der Waals surface area contributed by atoms with Crippen LogP contribution in [-0.4, -0.2) is 49.0 Å². The zero-order valence-corrected chi connectivity index (χ0v) is 23.7. The molecule has 0 radical (unpaired) electrons. The van der Waals surface area contributed by atoms with Gasteiger partial charge in [0.15, 0.2) is 0 Å². The van der Waals surface area contributed by atoms with Crippen molar-refractivity contribution < 1.29 is 33.7 Å². The maximum Gasteiger partial charge on any atom is 0.305 e. The molecule has 2 atom stereocenters. The molecule has 2 aromatic carbocycles. The van der Waals surface area contributed by atoms with E-state index in [4.69, 9.17) is 5.11 Å². The Hall–Kier alpha value is -4.67. The fourth-order valence-electron chi connectivity index (χ4n) is 4.95. The first-order chi connectivity index (χ1) is 20.5. The van der Waals surface area contributed by atoms with Crippen LogP contribution < -0.4 is 5.32 Å². The van der Waals surface area contributed by atoms with Crippen molar-refractivity contribution in [3.63, 3.8) is 0 Å². The average Bonchev–Trinajstić information content (AvgIpc) is 3.31. The van der Waals surface area contributed by atoms with E-state index in [9.17, 15) is 28.6 Å². The Morgan fingerprint density at radius 2 is 1.56 bits per heavy atom. The van der Waals surface area contributed by atoms with Gasteiger partial charge < -0.3 is 25.2 Å². The van der Waals surface area contributed by atoms with Crippen molar-refractivity contribution in [3.05, 3.63) is 108 Å². The summed E-state index contributed by atoms with van der Waals surface area (Å²) in [6, 6.07) is 14.7. The van der Waals surface area contributed by atoms with E-state index in [0.717, 1.165) is 5.56 Å². The standard InChI is InChI=1S/C33H33F2N3O5/c1-20(2)38-28(14-13-26(39)16-27(40)17-29(41)42)30(22-5-9-24(34)10-6-22)31(23-7-11-25(35)12-8-23)32(38)33(43)37-19-21-4-3-15-36-18-21/h3-15,18,20,26-27,39-40H,16-17,19H2,1-2H3,(H,37,43)(H,41,42)/t26-,27-/m1/s1. The highest BCUT2D eigenvalue weighted by Crippen LogP contribution is 2.42. The van der Waals surface area contributed by atoms with Gasteiger partial charge in [-0.1, -0.05) is 36.4 Å². The van der Waals surface area contributed by atoms with E-state index in [-0.39, 0.29) is 24.7 Å². The molecule has 0 saturated heterocycles. The van der Waals surface area contributed by atoms with E-state index in [1.54, 1.807) is 53.4 Å². The van der Waals surface area contributed by atoms with Crippen molar-refractivity contribution in [3.8, 4) is 22.3 Å². The van der Waals surface area contributed by atoms with Crippen LogP contribution in [0, 0.1) is 11.6 Å². The number of rotatable bonds is 12. The van der Waals surface area contributed by atoms with Crippen LogP contribution >= 0.6 is 0 Å². The molecule has 8 nitrogen and oxygen atoms in total. The van der Waals surface area contributed by atoms with Crippen LogP contribution in [0.1, 0.15) is 54.5 Å². The van der Waals surface area contributed by atoms with Gasteiger partial charge in [-0.15, -0.1) is 0 Å². The average molecular weight is 590 g/mol. The molecule has 0 unspecified atom stereocenters. The Morgan fingerprint density at radius 1 is 0.953 bits per heavy atom. The molecule has 4 rings (SSSR count). The second-order valence-corrected chi connectivity index (χ2v) is 10.4. The zero-order valence-electron chi connectivity index (χ0n) is 23.7. The van der Waals surface area contributed by atoms with Gasteiger partial charge >= 0.3 is 5.97 Å². The SMILES string of the molecule is CC(C)n1c(C=C[C@@H](O)C[C@@H](O)CC(=O)O)c(-c2ccc(F)cc2)c(-c2ccc(F)cc2)c1C(=O)NCc1cccnc1. The van der Waals surface area contributed by atoms with Crippen molar-refractivity contribution in [1.29, 1.82) is 0 Å². The van der Waals surface area contributed by atoms with Gasteiger partial charge in [-0.05, 0) is 66.9 Å². The first-order valence-corrected chi connectivity index (χ1v) is 13.8. The summed E-state index contributed by atoms with van der Waals surface area (Å²) in [4.78, 5) is 29.0. The summed E-state index contributed by atoms with van der Waals surface area (Å²) in [5, 5.41) is 32.6. The molecule has 10 heteroatoms. The predicted molar refractivity (Wildman–Crippen MR) is 159 cm³/mol. The number of aliphatic carboxylic acids is 1. The summed E-state index contributed by atoms with van der Waals surface area (Å²) in [7, 11) is 0. The smallest absolute Gasteiger partial charge is 0.305 e. The summed E-state index contributed by atoms with van der Waals surface area (Å²) in [5.41, 5.74) is 3.68. The van der Waals surface area contributed by atoms with Gasteiger partial charge in [-0.3, -0.25) is 14.6 Å². The molecule has 4 N–H and O–H groups in total. The largest absolute Gasteiger partial charge is 0.481 e. The molecule has 0 fully saturated rings. The highest BCUT2D eigenvalue weighted by atomic mass is 19.1. The number of hydrogen-bond donors (Lipinski definition) is 4. The van der Waals surface area contributed by atoms with Crippen LogP contribution in [0.25, 0.3) is 28.3 Å². The molecule has 0 aliphatic carbocycles. The zero-order chi connectivity index (χ0) is 31.1. The number of nitrogens with one attached hydrogen (secondary N) is 1. The summed E-state index contributed by atoms with van der Waals surface area (Å²) in [6.07, 6.45) is 3.06. The molecule has 0 aliphatic rings. The highest BCUT2D eigenvalue weighted by molar-refractivity contribution is 6.06. The number of hydrogen-bond acceptors (Lipinski definition) is 5. The molecule has 2 heterocycles. The van der Waals surface area contributed by atoms with Gasteiger partial charge in [0.05, 0.1) is 18.6 Å². The number of carbonyl (C=O) groups excluding carboxylic acids is 1. The van der Waals surface area contributed by atoms with E-state index < -0.39 is 42.1 Å². The Kier molecular flexibility index (Phi) is 10.2. The number of halogens is 2. The molecule has 2 aromatic heterocycles. The predicted octanol–water partition coefficient (Wildman–Crippen LogP) is 5.61. The lowest BCUT2D eigenvalue weighted by molar-refractivity contribution is -0.139. The summed E-state index contributed by atoms with van der Waals surface area (Å²) in [5.74, 6) is -2.52. The maximum absolute atomic E-state index is 14.0. The molecule has 0 aliphatic heterocycles. The third kappa shape index (κ3) is 7.79. The molecule has 1 amide bonds. The third-order valence-corrected chi connectivity index (χ3v) is 6.82. The van der Waals surface area contributed by atoms with Crippen LogP contribution in [0.4, 0.5) is 8.78 Å². The van der Waals surface area contributed by atoms with Gasteiger partial charge in [0.1, 0.15) is 17.3 Å². The van der Waals surface area contributed by atoms with E-state index in [2.05, 4.69) is 10.3 Å². The minimum Gasteiger partial charge on any atom is -0.481 e. The molecule has 224 valence electrons. The van der Waals surface area contributed by atoms with Crippen molar-refractivity contribution in [2.45, 2.75) is 51.5 Å². The topological polar surface area (TPSA) is 125 Å². The fraction of sp³-hybridized carbons (Fsp3) is 0.242. The second-order valence-electron chi connectivity index (χ2n) is 10.4. The molecule has 43 heavy (non-hydrogen) atoms. The first kappa shape index (κ1) is 31.3. The lowest BCUT2D eigenvalue weighted by atomic mass is 9.94. The fourth-order valence-corrected chi connectivity index (χ4v) is 4.95. The molecule has 4 aromatic rings. The number of aliphatic hydroxyl groups excluding tert-OH is 2. The minimum absolute atomic E-state index is 0.191. The number of benzene rings is 2. The quantitative estimate of drug-likeness (QED) is 0.170. The first-order valence-electron chi connectivity index (χ1n) is 13.8. The number of carboxylic acid groups (broad SMARTS) is 1. The van der Waals surface area contributed by atoms with Crippen molar-refractivity contribution in [2.75, 3.05) is 0 Å². The van der Waals surface area contributed by atoms with E-state index >= 15 is 0 Å². The van der Waals surface area contributed by atoms with Crippen LogP contribution in [0.15, 0.2) is 79.1 Å². The normalized spacial score (nSPS) is 12.9. The van der Waals surface area contributed by atoms with Gasteiger partial charge in [0.25, 0.3) is 5.91 Å². The molecular formula is C33H33F2N3O5. The van der Waals surface area contributed by atoms with E-state index in [0.29, 0.717) is 27.9 Å². The summed E-state index contributed by atoms with van der Waals surface area (Å²) < 4.78 is 29.8. The van der Waals surface area contributed by atoms with Crippen molar-refractivity contribution >= 4 is 18.0 Å². The molecule has 0 bridgehead atoms. The monoisotopic (exact) mass is 589 g/mol. The number of aliphatic hydroxyl groups is 2. The van der Waals surface area contributed by atoms with Crippen LogP contribution in [0.5, 0.6) is 0 Å². The summed E-state index contributed by atoms with van der Waals surface area (Å²) in [6.45, 7) is 3.95. The maximum atomic E-state index is 14.0. The van der Waals surface area contributed by atoms with Gasteiger partial charge in [-0.25, -0.2) is 8.78 Å². The lowest BCUT2D eigenvalue weighted by Gasteiger charge is -2.17. The van der Waals surface area contributed by atoms with Gasteiger partial charge in [0.2, 0.25) is 0 Å². The number of nitrogens with zero attached hydrogens (tertiary/aromatic N) is 2. The van der Waals surface area contributed by atoms with Gasteiger partial charge in [0, 0.05) is 48.2 Å². The molecule has 0 spiro atoms. The number of pyridine rings is 1. The Labute approximate surface area is 248 Å². The molecule has 0 saturated carbocycles. The second kappa shape index (κ2) is 14.0. The number of carboxylic acids is 1. The number of aromatic nitrogens is 2. The van der Waals surface area contributed by atoms with Crippen molar-refractivity contribution in [2.24, 2.45) is 0 Å². The van der Waals surface area contributed by atoms with Crippen LogP contribution in [0.2, 0.25) is 0 Å². The lowest BCUT2D eigenvalue weighted by Crippen LogP contribution is -2.27. The van der Waals surface area contributed by atoms with Crippen molar-refractivity contribution in [1.82, 2.24) is 14.9 Å². The van der Waals surface area contributed by atoms with Gasteiger partial charge in [-0.2, -0.15) is 0 Å². The number of amides is 1. The highest BCUT2D eigenvalue weighted by Gasteiger charge is 2.29. The Morgan fingerprint density at radius 3 is 2.09 bits per heavy atom. The Bertz CT molecular complexity index is 1580. The minimum atomic E-state index is -1.27. The summed E-state index contributed by atoms with van der Waals surface area (Å²) >= 11 is 0. The number of carbonyl (C=O) groups is 2. The van der Waals surface area contributed by atoms with Crippen LogP contribution in [0.3, 0.4) is 0 Å².